The Balaban J connectivity index is 1.63. The summed E-state index contributed by atoms with van der Waals surface area (Å²) in [5.74, 6) is -1.10. The van der Waals surface area contributed by atoms with Crippen molar-refractivity contribution in [3.63, 3.8) is 0 Å². The molecule has 150 valence electrons. The van der Waals surface area contributed by atoms with Gasteiger partial charge in [-0.05, 0) is 49.3 Å². The average molecular weight is 389 g/mol. The van der Waals surface area contributed by atoms with Crippen LogP contribution in [0.4, 0.5) is 8.78 Å². The highest BCUT2D eigenvalue weighted by atomic mass is 19.2. The van der Waals surface area contributed by atoms with Crippen LogP contribution in [0.3, 0.4) is 0 Å². The van der Waals surface area contributed by atoms with Crippen molar-refractivity contribution >= 4 is 5.91 Å². The molecule has 3 rings (SSSR count). The number of benzene rings is 1. The van der Waals surface area contributed by atoms with Crippen molar-refractivity contribution in [2.24, 2.45) is 5.92 Å². The lowest BCUT2D eigenvalue weighted by molar-refractivity contribution is 0.0666. The van der Waals surface area contributed by atoms with Gasteiger partial charge in [0, 0.05) is 25.2 Å². The molecule has 0 bridgehead atoms. The average Bonchev–Trinajstić information content (AvgIpc) is 2.68. The zero-order chi connectivity index (χ0) is 20.3. The topological polar surface area (TPSA) is 66.1 Å². The summed E-state index contributed by atoms with van der Waals surface area (Å²) in [6.45, 7) is 4.99. The van der Waals surface area contributed by atoms with Gasteiger partial charge in [-0.25, -0.2) is 13.8 Å². The van der Waals surface area contributed by atoms with Gasteiger partial charge in [0.1, 0.15) is 11.4 Å². The van der Waals surface area contributed by atoms with E-state index in [4.69, 9.17) is 0 Å². The molecule has 0 radical (unpaired) electrons. The Labute approximate surface area is 162 Å². The van der Waals surface area contributed by atoms with Gasteiger partial charge in [0.15, 0.2) is 11.6 Å². The molecule has 2 heterocycles. The number of rotatable bonds is 5. The molecule has 1 aliphatic rings. The maximum atomic E-state index is 13.4. The molecule has 1 aromatic heterocycles. The summed E-state index contributed by atoms with van der Waals surface area (Å²) in [6.07, 6.45) is 4.57. The maximum Gasteiger partial charge on any atom is 0.263 e. The van der Waals surface area contributed by atoms with Gasteiger partial charge >= 0.3 is 0 Å². The van der Waals surface area contributed by atoms with E-state index in [1.807, 2.05) is 13.8 Å². The number of H-pyrrole nitrogens is 1. The lowest BCUT2D eigenvalue weighted by Gasteiger charge is -2.32. The molecule has 1 fully saturated rings. The first-order chi connectivity index (χ1) is 13.3. The van der Waals surface area contributed by atoms with Crippen LogP contribution in [0.2, 0.25) is 0 Å². The Kier molecular flexibility index (Phi) is 6.21. The number of nitrogens with zero attached hydrogens (tertiary/aromatic N) is 2. The first-order valence-corrected chi connectivity index (χ1v) is 9.67. The van der Waals surface area contributed by atoms with E-state index in [9.17, 15) is 18.4 Å². The van der Waals surface area contributed by atoms with E-state index >= 15 is 0 Å². The molecular formula is C21H25F2N3O2. The summed E-state index contributed by atoms with van der Waals surface area (Å²) in [5.41, 5.74) is 0.394. The number of carbonyl (C=O) groups excluding carboxylic acids is 1. The van der Waals surface area contributed by atoms with Crippen LogP contribution in [-0.4, -0.2) is 33.9 Å². The molecule has 0 saturated carbocycles. The number of amides is 1. The number of piperidine rings is 1. The number of hydrogen-bond donors (Lipinski definition) is 1. The molecular weight excluding hydrogens is 364 g/mol. The first-order valence-electron chi connectivity index (χ1n) is 9.67. The lowest BCUT2D eigenvalue weighted by atomic mass is 9.91. The second kappa shape index (κ2) is 8.63. The normalized spacial score (nSPS) is 17.2. The highest BCUT2D eigenvalue weighted by Gasteiger charge is 2.26. The third-order valence-electron chi connectivity index (χ3n) is 5.23. The van der Waals surface area contributed by atoms with Gasteiger partial charge in [0.25, 0.3) is 11.5 Å². The fourth-order valence-corrected chi connectivity index (χ4v) is 3.58. The van der Waals surface area contributed by atoms with Crippen LogP contribution >= 0.6 is 0 Å². The smallest absolute Gasteiger partial charge is 0.263 e. The lowest BCUT2D eigenvalue weighted by Crippen LogP contribution is -2.42. The van der Waals surface area contributed by atoms with Crippen molar-refractivity contribution in [1.82, 2.24) is 14.9 Å². The molecule has 1 atom stereocenters. The third kappa shape index (κ3) is 4.64. The molecule has 1 saturated heterocycles. The summed E-state index contributed by atoms with van der Waals surface area (Å²) < 4.78 is 26.4. The fourth-order valence-electron chi connectivity index (χ4n) is 3.58. The predicted octanol–water partition coefficient (Wildman–Crippen LogP) is 3.66. The van der Waals surface area contributed by atoms with Crippen LogP contribution < -0.4 is 5.56 Å². The van der Waals surface area contributed by atoms with Crippen LogP contribution in [0.15, 0.2) is 29.2 Å². The van der Waals surface area contributed by atoms with Crippen molar-refractivity contribution in [3.8, 4) is 0 Å². The van der Waals surface area contributed by atoms with Gasteiger partial charge in [-0.3, -0.25) is 9.59 Å². The molecule has 1 aliphatic heterocycles. The number of aromatic nitrogens is 2. The Morgan fingerprint density at radius 1 is 1.32 bits per heavy atom. The second-order valence-corrected chi connectivity index (χ2v) is 7.71. The molecule has 2 aromatic rings. The molecule has 1 aromatic carbocycles. The Morgan fingerprint density at radius 2 is 2.11 bits per heavy atom. The first kappa shape index (κ1) is 20.2. The zero-order valence-electron chi connectivity index (χ0n) is 16.2. The predicted molar refractivity (Wildman–Crippen MR) is 102 cm³/mol. The van der Waals surface area contributed by atoms with Crippen molar-refractivity contribution in [3.05, 3.63) is 63.3 Å². The largest absolute Gasteiger partial charge is 0.338 e. The summed E-state index contributed by atoms with van der Waals surface area (Å²) in [4.78, 5) is 33.6. The highest BCUT2D eigenvalue weighted by molar-refractivity contribution is 5.93. The molecule has 5 nitrogen and oxygen atoms in total. The Bertz CT molecular complexity index is 911. The van der Waals surface area contributed by atoms with Crippen LogP contribution in [0, 0.1) is 17.6 Å². The fraction of sp³-hybridized carbons (Fsp3) is 0.476. The van der Waals surface area contributed by atoms with E-state index in [1.54, 1.807) is 11.0 Å². The van der Waals surface area contributed by atoms with E-state index in [0.29, 0.717) is 25.3 Å². The van der Waals surface area contributed by atoms with Crippen molar-refractivity contribution in [2.45, 2.75) is 45.4 Å². The molecule has 0 spiro atoms. The molecule has 1 unspecified atom stereocenters. The molecule has 1 N–H and O–H groups in total. The van der Waals surface area contributed by atoms with E-state index in [2.05, 4.69) is 9.97 Å². The van der Waals surface area contributed by atoms with E-state index in [-0.39, 0.29) is 23.3 Å². The summed E-state index contributed by atoms with van der Waals surface area (Å²) >= 11 is 0. The summed E-state index contributed by atoms with van der Waals surface area (Å²) in [5, 5.41) is 0. The number of hydrogen-bond acceptors (Lipinski definition) is 3. The molecule has 7 heteroatoms. The molecule has 0 aliphatic carbocycles. The maximum absolute atomic E-state index is 13.4. The number of likely N-dealkylation sites (tertiary alicyclic amines) is 1. The molecule has 28 heavy (non-hydrogen) atoms. The van der Waals surface area contributed by atoms with E-state index in [1.165, 1.54) is 12.3 Å². The molecule has 1 amide bonds. The number of halogens is 2. The van der Waals surface area contributed by atoms with Gasteiger partial charge < -0.3 is 9.88 Å². The standard InChI is InChI=1S/C21H25F2N3O2/c1-13(2)19-24-11-16(20(27)25-19)21(28)26-9-3-4-15(12-26)6-5-14-7-8-17(22)18(23)10-14/h7-8,10-11,13,15H,3-6,9,12H2,1-2H3,(H,24,25,27). The number of nitrogens with one attached hydrogen (secondary N) is 1. The number of carbonyl (C=O) groups is 1. The number of aryl methyl sites for hydroxylation is 1. The minimum atomic E-state index is -0.847. The van der Waals surface area contributed by atoms with E-state index < -0.39 is 17.2 Å². The number of aromatic amines is 1. The van der Waals surface area contributed by atoms with Crippen LogP contribution in [0.5, 0.6) is 0 Å². The van der Waals surface area contributed by atoms with Crippen LogP contribution in [0.1, 0.15) is 60.8 Å². The van der Waals surface area contributed by atoms with E-state index in [0.717, 1.165) is 30.9 Å². The zero-order valence-corrected chi connectivity index (χ0v) is 16.2. The SMILES string of the molecule is CC(C)c1ncc(C(=O)N2CCCC(CCc3ccc(F)c(F)c3)C2)c(=O)[nH]1. The monoisotopic (exact) mass is 389 g/mol. The van der Waals surface area contributed by atoms with Crippen LogP contribution in [-0.2, 0) is 6.42 Å². The third-order valence-corrected chi connectivity index (χ3v) is 5.23. The minimum Gasteiger partial charge on any atom is -0.338 e. The summed E-state index contributed by atoms with van der Waals surface area (Å²) in [7, 11) is 0. The Morgan fingerprint density at radius 3 is 2.79 bits per heavy atom. The minimum absolute atomic E-state index is 0.0608. The van der Waals surface area contributed by atoms with Gasteiger partial charge in [0.2, 0.25) is 0 Å². The highest BCUT2D eigenvalue weighted by Crippen LogP contribution is 2.23. The van der Waals surface area contributed by atoms with Gasteiger partial charge in [-0.2, -0.15) is 0 Å². The second-order valence-electron chi connectivity index (χ2n) is 7.71. The van der Waals surface area contributed by atoms with Crippen LogP contribution in [0.25, 0.3) is 0 Å². The van der Waals surface area contributed by atoms with Gasteiger partial charge in [-0.15, -0.1) is 0 Å². The summed E-state index contributed by atoms with van der Waals surface area (Å²) in [6, 6.07) is 3.95. The van der Waals surface area contributed by atoms with Gasteiger partial charge in [-0.1, -0.05) is 19.9 Å². The Hall–Kier alpha value is -2.57. The quantitative estimate of drug-likeness (QED) is 0.849. The van der Waals surface area contributed by atoms with Crippen molar-refractivity contribution in [1.29, 1.82) is 0 Å². The van der Waals surface area contributed by atoms with Gasteiger partial charge in [0.05, 0.1) is 0 Å². The van der Waals surface area contributed by atoms with Crippen molar-refractivity contribution < 1.29 is 13.6 Å². The van der Waals surface area contributed by atoms with Crippen molar-refractivity contribution in [2.75, 3.05) is 13.1 Å².